The van der Waals surface area contributed by atoms with Crippen LogP contribution in [0.1, 0.15) is 29.8 Å². The van der Waals surface area contributed by atoms with Crippen LogP contribution < -0.4 is 4.74 Å². The highest BCUT2D eigenvalue weighted by Gasteiger charge is 2.37. The minimum Gasteiger partial charge on any atom is -0.480 e. The number of nitrogens with zero attached hydrogens (tertiary/aromatic N) is 4. The molecule has 0 N–H and O–H groups in total. The summed E-state index contributed by atoms with van der Waals surface area (Å²) in [5.74, 6) is 1.61. The lowest BCUT2D eigenvalue weighted by molar-refractivity contribution is 0.0773. The Morgan fingerprint density at radius 3 is 2.44 bits per heavy atom. The Balaban J connectivity index is 1.53. The smallest absolute Gasteiger partial charge is 0.274 e. The zero-order valence-electron chi connectivity index (χ0n) is 15.2. The highest BCUT2D eigenvalue weighted by Crippen LogP contribution is 2.32. The highest BCUT2D eigenvalue weighted by atomic mass is 16.5. The Labute approximate surface area is 149 Å². The maximum Gasteiger partial charge on any atom is 0.274 e. The molecule has 7 nitrogen and oxygen atoms in total. The first-order valence-electron chi connectivity index (χ1n) is 9.08. The summed E-state index contributed by atoms with van der Waals surface area (Å²) in [6.07, 6.45) is 6.42. The SMILES string of the molecule is COCCCN1CC[C@@H]2CN(C(=O)c3cnc(OC)cn3)C[C@@H]2CC1. The normalized spacial score (nSPS) is 24.0. The summed E-state index contributed by atoms with van der Waals surface area (Å²) in [4.78, 5) is 25.4. The molecule has 1 amide bonds. The lowest BCUT2D eigenvalue weighted by Gasteiger charge is -2.21. The molecule has 3 heterocycles. The molecule has 0 radical (unpaired) electrons. The third-order valence-corrected chi connectivity index (χ3v) is 5.38. The van der Waals surface area contributed by atoms with Gasteiger partial charge < -0.3 is 19.3 Å². The highest BCUT2D eigenvalue weighted by molar-refractivity contribution is 5.92. The Kier molecular flexibility index (Phi) is 6.20. The molecule has 0 bridgehead atoms. The molecule has 0 saturated carbocycles. The predicted molar refractivity (Wildman–Crippen MR) is 93.6 cm³/mol. The second-order valence-corrected chi connectivity index (χ2v) is 6.94. The molecular formula is C18H28N4O3. The first-order chi connectivity index (χ1) is 12.2. The lowest BCUT2D eigenvalue weighted by atomic mass is 9.92. The van der Waals surface area contributed by atoms with Gasteiger partial charge in [-0.25, -0.2) is 9.97 Å². The molecule has 7 heteroatoms. The first-order valence-corrected chi connectivity index (χ1v) is 9.08. The molecule has 3 rings (SSSR count). The van der Waals surface area contributed by atoms with E-state index in [1.54, 1.807) is 7.11 Å². The number of ether oxygens (including phenoxy) is 2. The molecule has 2 aliphatic heterocycles. The number of rotatable bonds is 6. The molecule has 1 aromatic heterocycles. The average Bonchev–Trinajstić information content (AvgIpc) is 2.97. The van der Waals surface area contributed by atoms with Crippen LogP contribution in [0.15, 0.2) is 12.4 Å². The summed E-state index contributed by atoms with van der Waals surface area (Å²) < 4.78 is 10.1. The fraction of sp³-hybridized carbons (Fsp3) is 0.722. The number of carbonyl (C=O) groups is 1. The maximum atomic E-state index is 12.7. The van der Waals surface area contributed by atoms with Crippen molar-refractivity contribution < 1.29 is 14.3 Å². The van der Waals surface area contributed by atoms with Gasteiger partial charge in [-0.05, 0) is 44.2 Å². The molecule has 0 spiro atoms. The number of fused-ring (bicyclic) bond motifs is 1. The Hall–Kier alpha value is -1.73. The standard InChI is InChI=1S/C18H28N4O3/c1-24-9-3-6-21-7-4-14-12-22(13-15(14)5-8-21)18(23)16-10-20-17(25-2)11-19-16/h10-11,14-15H,3-9,12-13H2,1-2H3/t14-,15+. The molecule has 2 fully saturated rings. The van der Waals surface area contributed by atoms with Gasteiger partial charge >= 0.3 is 0 Å². The van der Waals surface area contributed by atoms with Crippen molar-refractivity contribution in [3.63, 3.8) is 0 Å². The van der Waals surface area contributed by atoms with E-state index in [2.05, 4.69) is 14.9 Å². The van der Waals surface area contributed by atoms with Crippen molar-refractivity contribution in [1.82, 2.24) is 19.8 Å². The maximum absolute atomic E-state index is 12.7. The third kappa shape index (κ3) is 4.46. The van der Waals surface area contributed by atoms with Crippen LogP contribution >= 0.6 is 0 Å². The largest absolute Gasteiger partial charge is 0.480 e. The molecule has 0 unspecified atom stereocenters. The molecule has 0 aliphatic carbocycles. The van der Waals surface area contributed by atoms with Gasteiger partial charge in [0.05, 0.1) is 19.5 Å². The van der Waals surface area contributed by atoms with E-state index in [1.165, 1.54) is 19.5 Å². The average molecular weight is 348 g/mol. The monoisotopic (exact) mass is 348 g/mol. The fourth-order valence-electron chi connectivity index (χ4n) is 3.92. The van der Waals surface area contributed by atoms with Gasteiger partial charge in [0.25, 0.3) is 5.91 Å². The van der Waals surface area contributed by atoms with E-state index in [0.29, 0.717) is 23.4 Å². The minimum atomic E-state index is -0.0137. The molecule has 25 heavy (non-hydrogen) atoms. The summed E-state index contributed by atoms with van der Waals surface area (Å²) in [5.41, 5.74) is 0.401. The Bertz CT molecular complexity index is 550. The van der Waals surface area contributed by atoms with Gasteiger partial charge in [-0.3, -0.25) is 4.79 Å². The molecular weight excluding hydrogens is 320 g/mol. The number of hydrogen-bond donors (Lipinski definition) is 0. The summed E-state index contributed by atoms with van der Waals surface area (Å²) >= 11 is 0. The van der Waals surface area contributed by atoms with Gasteiger partial charge in [0.2, 0.25) is 5.88 Å². The van der Waals surface area contributed by atoms with Gasteiger partial charge in [-0.1, -0.05) is 0 Å². The number of aromatic nitrogens is 2. The second-order valence-electron chi connectivity index (χ2n) is 6.94. The van der Waals surface area contributed by atoms with E-state index in [0.717, 1.165) is 58.6 Å². The minimum absolute atomic E-state index is 0.0137. The van der Waals surface area contributed by atoms with E-state index < -0.39 is 0 Å². The number of methoxy groups -OCH3 is 2. The van der Waals surface area contributed by atoms with E-state index in [1.807, 2.05) is 4.90 Å². The van der Waals surface area contributed by atoms with Crippen LogP contribution in [0.5, 0.6) is 5.88 Å². The summed E-state index contributed by atoms with van der Waals surface area (Å²) in [7, 11) is 3.30. The molecule has 0 aromatic carbocycles. The van der Waals surface area contributed by atoms with E-state index in [4.69, 9.17) is 9.47 Å². The zero-order chi connectivity index (χ0) is 17.6. The van der Waals surface area contributed by atoms with Gasteiger partial charge in [0.15, 0.2) is 0 Å². The van der Waals surface area contributed by atoms with Crippen molar-refractivity contribution in [2.45, 2.75) is 19.3 Å². The molecule has 2 atom stereocenters. The van der Waals surface area contributed by atoms with Crippen LogP contribution in [0.2, 0.25) is 0 Å². The number of likely N-dealkylation sites (tertiary alicyclic amines) is 2. The molecule has 1 aromatic rings. The predicted octanol–water partition coefficient (Wildman–Crippen LogP) is 1.31. The van der Waals surface area contributed by atoms with Crippen LogP contribution in [0.3, 0.4) is 0 Å². The van der Waals surface area contributed by atoms with Crippen LogP contribution in [-0.2, 0) is 4.74 Å². The van der Waals surface area contributed by atoms with E-state index >= 15 is 0 Å². The van der Waals surface area contributed by atoms with Crippen molar-refractivity contribution in [3.05, 3.63) is 18.1 Å². The van der Waals surface area contributed by atoms with Crippen LogP contribution in [-0.4, -0.2) is 79.2 Å². The number of hydrogen-bond acceptors (Lipinski definition) is 6. The fourth-order valence-corrected chi connectivity index (χ4v) is 3.92. The quantitative estimate of drug-likeness (QED) is 0.722. The summed E-state index contributed by atoms with van der Waals surface area (Å²) in [5, 5.41) is 0. The van der Waals surface area contributed by atoms with Crippen LogP contribution in [0.4, 0.5) is 0 Å². The number of amides is 1. The van der Waals surface area contributed by atoms with Crippen molar-refractivity contribution in [2.75, 3.05) is 53.6 Å². The Morgan fingerprint density at radius 2 is 1.88 bits per heavy atom. The molecule has 138 valence electrons. The van der Waals surface area contributed by atoms with Gasteiger partial charge in [-0.15, -0.1) is 0 Å². The van der Waals surface area contributed by atoms with Gasteiger partial charge in [0.1, 0.15) is 5.69 Å². The van der Waals surface area contributed by atoms with E-state index in [9.17, 15) is 4.79 Å². The summed E-state index contributed by atoms with van der Waals surface area (Å²) in [6, 6.07) is 0. The first kappa shape index (κ1) is 18.1. The van der Waals surface area contributed by atoms with Gasteiger partial charge in [-0.2, -0.15) is 0 Å². The third-order valence-electron chi connectivity index (χ3n) is 5.38. The van der Waals surface area contributed by atoms with Crippen LogP contribution in [0, 0.1) is 11.8 Å². The van der Waals surface area contributed by atoms with Crippen molar-refractivity contribution in [3.8, 4) is 5.88 Å². The number of carbonyl (C=O) groups excluding carboxylic acids is 1. The lowest BCUT2D eigenvalue weighted by Crippen LogP contribution is -2.32. The molecule has 2 saturated heterocycles. The summed E-state index contributed by atoms with van der Waals surface area (Å²) in [6.45, 7) is 5.85. The van der Waals surface area contributed by atoms with Crippen molar-refractivity contribution >= 4 is 5.91 Å². The van der Waals surface area contributed by atoms with Crippen LogP contribution in [0.25, 0.3) is 0 Å². The zero-order valence-corrected chi connectivity index (χ0v) is 15.2. The topological polar surface area (TPSA) is 67.8 Å². The van der Waals surface area contributed by atoms with Crippen molar-refractivity contribution in [2.24, 2.45) is 11.8 Å². The molecule has 2 aliphatic rings. The second kappa shape index (κ2) is 8.58. The van der Waals surface area contributed by atoms with Gasteiger partial charge in [0, 0.05) is 33.4 Å². The Morgan fingerprint density at radius 1 is 1.16 bits per heavy atom. The van der Waals surface area contributed by atoms with Crippen molar-refractivity contribution in [1.29, 1.82) is 0 Å². The van der Waals surface area contributed by atoms with E-state index in [-0.39, 0.29) is 5.91 Å².